The number of nitrogens with zero attached hydrogens (tertiary/aromatic N) is 1. The van der Waals surface area contributed by atoms with Crippen LogP contribution in [0.2, 0.25) is 0 Å². The Bertz CT molecular complexity index is 779. The van der Waals surface area contributed by atoms with E-state index in [1.807, 2.05) is 44.0 Å². The van der Waals surface area contributed by atoms with E-state index < -0.39 is 9.84 Å². The van der Waals surface area contributed by atoms with Crippen molar-refractivity contribution in [2.75, 3.05) is 11.9 Å². The number of anilines is 2. The topological polar surface area (TPSA) is 37.4 Å². The second-order valence-corrected chi connectivity index (χ2v) is 6.85. The fraction of sp³-hybridized carbons (Fsp3) is 0.200. The Balaban J connectivity index is 2.45. The van der Waals surface area contributed by atoms with Crippen LogP contribution in [0.5, 0.6) is 0 Å². The standard InChI is InChI=1S/C15H15NO2S/c1-10-8-11(2)15-14(9-10)19(17,18)13-7-5-4-6-12(13)16(15)3/h4-9H,1-3H3. The first-order valence-electron chi connectivity index (χ1n) is 6.12. The smallest absolute Gasteiger partial charge is 0.210 e. The zero-order valence-electron chi connectivity index (χ0n) is 11.1. The summed E-state index contributed by atoms with van der Waals surface area (Å²) in [5.41, 5.74) is 3.47. The summed E-state index contributed by atoms with van der Waals surface area (Å²) in [7, 11) is -1.51. The first-order valence-corrected chi connectivity index (χ1v) is 7.60. The molecule has 0 amide bonds. The summed E-state index contributed by atoms with van der Waals surface area (Å²) in [6, 6.07) is 10.9. The predicted octanol–water partition coefficient (Wildman–Crippen LogP) is 3.22. The Labute approximate surface area is 113 Å². The number of hydrogen-bond donors (Lipinski definition) is 0. The third kappa shape index (κ3) is 1.60. The van der Waals surface area contributed by atoms with Gasteiger partial charge in [-0.05, 0) is 43.2 Å². The van der Waals surface area contributed by atoms with Crippen molar-refractivity contribution in [3.8, 4) is 0 Å². The van der Waals surface area contributed by atoms with Gasteiger partial charge >= 0.3 is 0 Å². The Morgan fingerprint density at radius 3 is 2.42 bits per heavy atom. The van der Waals surface area contributed by atoms with Crippen LogP contribution in [0.3, 0.4) is 0 Å². The first-order chi connectivity index (χ1) is 8.93. The zero-order chi connectivity index (χ0) is 13.8. The highest BCUT2D eigenvalue weighted by Crippen LogP contribution is 2.44. The van der Waals surface area contributed by atoms with Crippen molar-refractivity contribution in [1.82, 2.24) is 0 Å². The molecule has 2 aromatic rings. The van der Waals surface area contributed by atoms with Crippen LogP contribution in [0, 0.1) is 13.8 Å². The number of hydrogen-bond acceptors (Lipinski definition) is 3. The number of para-hydroxylation sites is 1. The summed E-state index contributed by atoms with van der Waals surface area (Å²) < 4.78 is 25.4. The van der Waals surface area contributed by atoms with Crippen LogP contribution in [0.15, 0.2) is 46.2 Å². The molecule has 0 atom stereocenters. The zero-order valence-corrected chi connectivity index (χ0v) is 12.0. The van der Waals surface area contributed by atoms with Gasteiger partial charge in [0.15, 0.2) is 0 Å². The maximum atomic E-state index is 12.7. The van der Waals surface area contributed by atoms with E-state index in [-0.39, 0.29) is 0 Å². The Hall–Kier alpha value is -1.81. The molecule has 3 rings (SSSR count). The van der Waals surface area contributed by atoms with Crippen LogP contribution in [0.25, 0.3) is 0 Å². The molecule has 4 heteroatoms. The summed E-state index contributed by atoms with van der Waals surface area (Å²) in [6.07, 6.45) is 0. The fourth-order valence-corrected chi connectivity index (χ4v) is 4.62. The largest absolute Gasteiger partial charge is 0.342 e. The van der Waals surface area contributed by atoms with Crippen molar-refractivity contribution in [3.63, 3.8) is 0 Å². The molecular formula is C15H15NO2S. The number of sulfone groups is 1. The van der Waals surface area contributed by atoms with Crippen molar-refractivity contribution in [1.29, 1.82) is 0 Å². The van der Waals surface area contributed by atoms with Gasteiger partial charge in [0.05, 0.1) is 21.2 Å². The van der Waals surface area contributed by atoms with Gasteiger partial charge in [-0.2, -0.15) is 0 Å². The number of aryl methyl sites for hydroxylation is 2. The molecule has 0 aromatic heterocycles. The molecule has 0 fully saturated rings. The SMILES string of the molecule is Cc1cc(C)c2c(c1)S(=O)(=O)c1ccccc1N2C. The number of fused-ring (bicyclic) bond motifs is 2. The average molecular weight is 273 g/mol. The molecule has 3 nitrogen and oxygen atoms in total. The van der Waals surface area contributed by atoms with E-state index in [1.165, 1.54) is 0 Å². The molecule has 2 aromatic carbocycles. The second kappa shape index (κ2) is 3.84. The highest BCUT2D eigenvalue weighted by atomic mass is 32.2. The van der Waals surface area contributed by atoms with Crippen molar-refractivity contribution in [2.45, 2.75) is 23.6 Å². The van der Waals surface area contributed by atoms with Crippen LogP contribution < -0.4 is 4.90 Å². The minimum Gasteiger partial charge on any atom is -0.342 e. The third-order valence-corrected chi connectivity index (χ3v) is 5.37. The van der Waals surface area contributed by atoms with Crippen molar-refractivity contribution in [2.24, 2.45) is 0 Å². The van der Waals surface area contributed by atoms with Crippen LogP contribution in [-0.4, -0.2) is 15.5 Å². The molecule has 0 N–H and O–H groups in total. The Morgan fingerprint density at radius 2 is 1.68 bits per heavy atom. The average Bonchev–Trinajstić information content (AvgIpc) is 2.36. The van der Waals surface area contributed by atoms with Gasteiger partial charge in [0.25, 0.3) is 0 Å². The molecular weight excluding hydrogens is 258 g/mol. The van der Waals surface area contributed by atoms with Gasteiger partial charge in [0.2, 0.25) is 9.84 Å². The number of benzene rings is 2. The van der Waals surface area contributed by atoms with Crippen molar-refractivity contribution >= 4 is 21.2 Å². The molecule has 0 saturated carbocycles. The van der Waals surface area contributed by atoms with E-state index in [0.717, 1.165) is 22.5 Å². The molecule has 1 aliphatic rings. The molecule has 1 heterocycles. The van der Waals surface area contributed by atoms with Crippen LogP contribution in [0.4, 0.5) is 11.4 Å². The van der Waals surface area contributed by atoms with Gasteiger partial charge in [-0.25, -0.2) is 8.42 Å². The van der Waals surface area contributed by atoms with Crippen LogP contribution in [-0.2, 0) is 9.84 Å². The molecule has 0 spiro atoms. The lowest BCUT2D eigenvalue weighted by Crippen LogP contribution is -2.23. The molecule has 0 saturated heterocycles. The minimum absolute atomic E-state index is 0.384. The summed E-state index contributed by atoms with van der Waals surface area (Å²) in [4.78, 5) is 2.75. The Morgan fingerprint density at radius 1 is 1.00 bits per heavy atom. The monoisotopic (exact) mass is 273 g/mol. The summed E-state index contributed by atoms with van der Waals surface area (Å²) in [6.45, 7) is 3.87. The maximum Gasteiger partial charge on any atom is 0.210 e. The number of rotatable bonds is 0. The fourth-order valence-electron chi connectivity index (χ4n) is 2.76. The quantitative estimate of drug-likeness (QED) is 0.739. The van der Waals surface area contributed by atoms with E-state index in [4.69, 9.17) is 0 Å². The normalized spacial score (nSPS) is 15.8. The van der Waals surface area contributed by atoms with Gasteiger partial charge in [-0.3, -0.25) is 0 Å². The lowest BCUT2D eigenvalue weighted by Gasteiger charge is -2.31. The van der Waals surface area contributed by atoms with E-state index in [1.54, 1.807) is 18.2 Å². The molecule has 0 radical (unpaired) electrons. The van der Waals surface area contributed by atoms with Gasteiger partial charge in [0, 0.05) is 7.05 Å². The van der Waals surface area contributed by atoms with Gasteiger partial charge < -0.3 is 4.90 Å². The Kier molecular flexibility index (Phi) is 2.47. The molecule has 0 bridgehead atoms. The van der Waals surface area contributed by atoms with E-state index >= 15 is 0 Å². The molecule has 0 unspecified atom stereocenters. The van der Waals surface area contributed by atoms with Crippen LogP contribution >= 0.6 is 0 Å². The van der Waals surface area contributed by atoms with E-state index in [9.17, 15) is 8.42 Å². The lowest BCUT2D eigenvalue weighted by molar-refractivity contribution is 0.594. The molecule has 19 heavy (non-hydrogen) atoms. The van der Waals surface area contributed by atoms with E-state index in [2.05, 4.69) is 0 Å². The molecule has 0 aliphatic carbocycles. The van der Waals surface area contributed by atoms with Gasteiger partial charge in [-0.1, -0.05) is 18.2 Å². The van der Waals surface area contributed by atoms with Gasteiger partial charge in [-0.15, -0.1) is 0 Å². The second-order valence-electron chi connectivity index (χ2n) is 4.96. The first kappa shape index (κ1) is 12.2. The van der Waals surface area contributed by atoms with E-state index in [0.29, 0.717) is 9.79 Å². The maximum absolute atomic E-state index is 12.7. The highest BCUT2D eigenvalue weighted by Gasteiger charge is 2.33. The molecule has 1 aliphatic heterocycles. The summed E-state index contributed by atoms with van der Waals surface area (Å²) in [5.74, 6) is 0. The minimum atomic E-state index is -3.42. The van der Waals surface area contributed by atoms with Gasteiger partial charge in [0.1, 0.15) is 0 Å². The molecule has 98 valence electrons. The summed E-state index contributed by atoms with van der Waals surface area (Å²) >= 11 is 0. The van der Waals surface area contributed by atoms with Crippen molar-refractivity contribution < 1.29 is 8.42 Å². The van der Waals surface area contributed by atoms with Crippen LogP contribution in [0.1, 0.15) is 11.1 Å². The third-order valence-electron chi connectivity index (χ3n) is 3.55. The lowest BCUT2D eigenvalue weighted by atomic mass is 10.1. The summed E-state index contributed by atoms with van der Waals surface area (Å²) in [5, 5.41) is 0. The predicted molar refractivity (Wildman–Crippen MR) is 75.9 cm³/mol. The van der Waals surface area contributed by atoms with Crippen molar-refractivity contribution in [3.05, 3.63) is 47.5 Å². The highest BCUT2D eigenvalue weighted by molar-refractivity contribution is 7.92.